The first-order valence-electron chi connectivity index (χ1n) is 8.82. The second-order valence-corrected chi connectivity index (χ2v) is 6.78. The van der Waals surface area contributed by atoms with E-state index in [1.807, 2.05) is 24.3 Å². The summed E-state index contributed by atoms with van der Waals surface area (Å²) in [6, 6.07) is 6.09. The molecule has 0 aliphatic carbocycles. The molecule has 2 heteroatoms. The summed E-state index contributed by atoms with van der Waals surface area (Å²) >= 11 is 3.53. The van der Waals surface area contributed by atoms with Gasteiger partial charge in [0.1, 0.15) is 5.75 Å². The highest BCUT2D eigenvalue weighted by atomic mass is 79.9. The van der Waals surface area contributed by atoms with E-state index in [0.29, 0.717) is 0 Å². The molecule has 0 amide bonds. The lowest BCUT2D eigenvalue weighted by Gasteiger charge is -2.09. The number of unbranched alkanes of at least 4 members (excludes halogenated alkanes) is 9. The summed E-state index contributed by atoms with van der Waals surface area (Å²) in [4.78, 5) is 0. The molecule has 0 aliphatic rings. The van der Waals surface area contributed by atoms with Crippen molar-refractivity contribution in [3.8, 4) is 5.75 Å². The van der Waals surface area contributed by atoms with Gasteiger partial charge < -0.3 is 4.74 Å². The van der Waals surface area contributed by atoms with Gasteiger partial charge in [0.15, 0.2) is 0 Å². The van der Waals surface area contributed by atoms with E-state index in [2.05, 4.69) is 29.4 Å². The number of hydrogen-bond donors (Lipinski definition) is 0. The minimum Gasteiger partial charge on any atom is -0.492 e. The number of halogens is 1. The van der Waals surface area contributed by atoms with Gasteiger partial charge in [0.25, 0.3) is 0 Å². The second-order valence-electron chi connectivity index (χ2n) is 5.92. The number of hydrogen-bond acceptors (Lipinski definition) is 1. The van der Waals surface area contributed by atoms with Crippen LogP contribution in [0.1, 0.15) is 76.7 Å². The van der Waals surface area contributed by atoms with E-state index in [-0.39, 0.29) is 0 Å². The van der Waals surface area contributed by atoms with Crippen molar-refractivity contribution >= 4 is 22.0 Å². The Kier molecular flexibility index (Phi) is 11.2. The van der Waals surface area contributed by atoms with Gasteiger partial charge in [-0.15, -0.1) is 0 Å². The molecule has 0 radical (unpaired) electrons. The van der Waals surface area contributed by atoms with Gasteiger partial charge in [-0.25, -0.2) is 0 Å². The molecule has 1 nitrogen and oxygen atoms in total. The van der Waals surface area contributed by atoms with Crippen LogP contribution < -0.4 is 4.74 Å². The Bertz CT molecular complexity index is 414. The monoisotopic (exact) mass is 366 g/mol. The third kappa shape index (κ3) is 8.63. The number of benzene rings is 1. The maximum absolute atomic E-state index is 5.86. The molecule has 0 fully saturated rings. The second kappa shape index (κ2) is 12.8. The van der Waals surface area contributed by atoms with Crippen molar-refractivity contribution in [3.63, 3.8) is 0 Å². The lowest BCUT2D eigenvalue weighted by molar-refractivity contribution is 0.302. The highest BCUT2D eigenvalue weighted by molar-refractivity contribution is 9.10. The Morgan fingerprint density at radius 1 is 0.955 bits per heavy atom. The van der Waals surface area contributed by atoms with Crippen LogP contribution >= 0.6 is 15.9 Å². The molecule has 0 atom stereocenters. The summed E-state index contributed by atoms with van der Waals surface area (Å²) in [5, 5.41) is 0. The molecule has 0 saturated carbocycles. The zero-order chi connectivity index (χ0) is 16.0. The van der Waals surface area contributed by atoms with Gasteiger partial charge in [-0.2, -0.15) is 0 Å². The van der Waals surface area contributed by atoms with Gasteiger partial charge in [0, 0.05) is 0 Å². The summed E-state index contributed by atoms with van der Waals surface area (Å²) in [6.45, 7) is 6.87. The molecule has 22 heavy (non-hydrogen) atoms. The van der Waals surface area contributed by atoms with E-state index in [1.54, 1.807) is 0 Å². The molecule has 0 bridgehead atoms. The van der Waals surface area contributed by atoms with Crippen LogP contribution in [0.4, 0.5) is 0 Å². The Labute approximate surface area is 145 Å². The van der Waals surface area contributed by atoms with Crippen LogP contribution in [-0.2, 0) is 0 Å². The Hall–Kier alpha value is -0.760. The summed E-state index contributed by atoms with van der Waals surface area (Å²) in [5.41, 5.74) is 1.10. The first-order chi connectivity index (χ1) is 10.8. The van der Waals surface area contributed by atoms with E-state index < -0.39 is 0 Å². The molecular weight excluding hydrogens is 336 g/mol. The highest BCUT2D eigenvalue weighted by Gasteiger charge is 2.01. The topological polar surface area (TPSA) is 9.23 Å². The van der Waals surface area contributed by atoms with Crippen molar-refractivity contribution in [2.45, 2.75) is 71.1 Å². The van der Waals surface area contributed by atoms with Crippen LogP contribution in [0, 0.1) is 0 Å². The van der Waals surface area contributed by atoms with Crippen LogP contribution in [0.15, 0.2) is 29.3 Å². The fourth-order valence-electron chi connectivity index (χ4n) is 2.53. The van der Waals surface area contributed by atoms with Gasteiger partial charge in [0.2, 0.25) is 0 Å². The van der Waals surface area contributed by atoms with Gasteiger partial charge in [0.05, 0.1) is 11.1 Å². The van der Waals surface area contributed by atoms with Crippen LogP contribution in [0.25, 0.3) is 6.08 Å². The van der Waals surface area contributed by atoms with E-state index in [4.69, 9.17) is 4.74 Å². The smallest absolute Gasteiger partial charge is 0.134 e. The minimum atomic E-state index is 0.801. The third-order valence-electron chi connectivity index (χ3n) is 3.95. The van der Waals surface area contributed by atoms with Crippen LogP contribution in [0.5, 0.6) is 5.75 Å². The predicted molar refractivity (Wildman–Crippen MR) is 102 cm³/mol. The van der Waals surface area contributed by atoms with Crippen molar-refractivity contribution in [3.05, 3.63) is 34.8 Å². The van der Waals surface area contributed by atoms with Gasteiger partial charge in [-0.1, -0.05) is 83.4 Å². The van der Waals surface area contributed by atoms with E-state index in [9.17, 15) is 0 Å². The highest BCUT2D eigenvalue weighted by Crippen LogP contribution is 2.26. The first-order valence-corrected chi connectivity index (χ1v) is 9.62. The Balaban J connectivity index is 2.00. The Morgan fingerprint density at radius 2 is 1.55 bits per heavy atom. The normalized spacial score (nSPS) is 10.6. The molecule has 124 valence electrons. The summed E-state index contributed by atoms with van der Waals surface area (Å²) in [5.74, 6) is 0.924. The first kappa shape index (κ1) is 19.3. The molecule has 1 aromatic carbocycles. The Morgan fingerprint density at radius 3 is 2.14 bits per heavy atom. The standard InChI is InChI=1S/C20H31BrO/c1-3-5-6-7-8-9-10-11-12-13-16-22-20-17-18(4-2)14-15-19(20)21/h4,14-15,17H,2-3,5-13,16H2,1H3. The molecule has 1 rings (SSSR count). The fourth-order valence-corrected chi connectivity index (χ4v) is 2.89. The zero-order valence-electron chi connectivity index (χ0n) is 14.1. The largest absolute Gasteiger partial charge is 0.492 e. The molecule has 0 aromatic heterocycles. The fraction of sp³-hybridized carbons (Fsp3) is 0.600. The third-order valence-corrected chi connectivity index (χ3v) is 4.60. The van der Waals surface area contributed by atoms with Crippen molar-refractivity contribution in [1.82, 2.24) is 0 Å². The predicted octanol–water partition coefficient (Wildman–Crippen LogP) is 7.39. The summed E-state index contributed by atoms with van der Waals surface area (Å²) in [6.07, 6.45) is 15.4. The van der Waals surface area contributed by atoms with Crippen molar-refractivity contribution in [2.24, 2.45) is 0 Å². The molecule has 0 spiro atoms. The van der Waals surface area contributed by atoms with Gasteiger partial charge in [-0.05, 0) is 40.0 Å². The van der Waals surface area contributed by atoms with Crippen molar-refractivity contribution < 1.29 is 4.74 Å². The molecular formula is C20H31BrO. The summed E-state index contributed by atoms with van der Waals surface area (Å²) in [7, 11) is 0. The number of ether oxygens (including phenoxy) is 1. The molecule has 0 saturated heterocycles. The lowest BCUT2D eigenvalue weighted by atomic mass is 10.1. The summed E-state index contributed by atoms with van der Waals surface area (Å²) < 4.78 is 6.88. The van der Waals surface area contributed by atoms with E-state index >= 15 is 0 Å². The van der Waals surface area contributed by atoms with Crippen molar-refractivity contribution in [2.75, 3.05) is 6.61 Å². The minimum absolute atomic E-state index is 0.801. The zero-order valence-corrected chi connectivity index (χ0v) is 15.7. The molecule has 1 aromatic rings. The van der Waals surface area contributed by atoms with E-state index in [0.717, 1.165) is 28.8 Å². The average Bonchev–Trinajstić information content (AvgIpc) is 2.54. The lowest BCUT2D eigenvalue weighted by Crippen LogP contribution is -1.98. The maximum atomic E-state index is 5.86. The van der Waals surface area contributed by atoms with Gasteiger partial charge in [-0.3, -0.25) is 0 Å². The quantitative estimate of drug-likeness (QED) is 0.330. The average molecular weight is 367 g/mol. The van der Waals surface area contributed by atoms with Gasteiger partial charge >= 0.3 is 0 Å². The molecule has 0 unspecified atom stereocenters. The molecule has 0 N–H and O–H groups in total. The van der Waals surface area contributed by atoms with Crippen LogP contribution in [-0.4, -0.2) is 6.61 Å². The number of rotatable bonds is 13. The van der Waals surface area contributed by atoms with Crippen LogP contribution in [0.3, 0.4) is 0 Å². The molecule has 0 aliphatic heterocycles. The molecule has 0 heterocycles. The van der Waals surface area contributed by atoms with Crippen LogP contribution in [0.2, 0.25) is 0 Å². The van der Waals surface area contributed by atoms with E-state index in [1.165, 1.54) is 57.8 Å². The van der Waals surface area contributed by atoms with Crippen molar-refractivity contribution in [1.29, 1.82) is 0 Å². The maximum Gasteiger partial charge on any atom is 0.134 e. The SMILES string of the molecule is C=Cc1ccc(Br)c(OCCCCCCCCCCCC)c1.